The lowest BCUT2D eigenvalue weighted by molar-refractivity contribution is -0.141. The third kappa shape index (κ3) is 16.0. The second-order valence-electron chi connectivity index (χ2n) is 27.5. The average molecular weight is 1260 g/mol. The molecule has 20 nitrogen and oxygen atoms in total. The van der Waals surface area contributed by atoms with Crippen LogP contribution in [0.1, 0.15) is 188 Å². The molecule has 2 aromatic carbocycles. The van der Waals surface area contributed by atoms with Crippen LogP contribution in [0.15, 0.2) is 58.7 Å². The average Bonchev–Trinajstić information content (AvgIpc) is 1.69. The van der Waals surface area contributed by atoms with Gasteiger partial charge in [-0.3, -0.25) is 29.1 Å². The van der Waals surface area contributed by atoms with E-state index in [1.54, 1.807) is 26.8 Å². The lowest BCUT2D eigenvalue weighted by Gasteiger charge is -2.41. The molecule has 8 aliphatic rings. The van der Waals surface area contributed by atoms with Crippen LogP contribution in [0.25, 0.3) is 0 Å². The van der Waals surface area contributed by atoms with E-state index in [2.05, 4.69) is 75.6 Å². The SMILES string of the molecule is CC(C)=CCC/C(C)=C/CC[C@@]1(C)Oc2c(c(OC(=O)N3CCC(N4CCOCC4)CC3)cc3c2CN(CCC[C@@H](OC=O)N2Cc4c(cc(OC(=O)N5CCC(N6CCOCC6)CC5)c5c4O[C@](C)(CC/C=C(\C)CCC=C(C)C)[C@@H](O)C5)C2=O)C3=O)C[C@@H]1O. The molecule has 2 aromatic rings. The van der Waals surface area contributed by atoms with E-state index in [9.17, 15) is 34.2 Å². The van der Waals surface area contributed by atoms with Gasteiger partial charge in [0.05, 0.1) is 62.9 Å². The summed E-state index contributed by atoms with van der Waals surface area (Å²) in [7, 11) is 0. The van der Waals surface area contributed by atoms with E-state index in [-0.39, 0.29) is 61.9 Å². The van der Waals surface area contributed by atoms with Crippen molar-refractivity contribution >= 4 is 30.5 Å². The number of rotatable bonds is 23. The van der Waals surface area contributed by atoms with Crippen molar-refractivity contribution in [2.45, 2.75) is 213 Å². The highest BCUT2D eigenvalue weighted by molar-refractivity contribution is 6.01. The number of likely N-dealkylation sites (tertiary alicyclic amines) is 2. The zero-order valence-corrected chi connectivity index (χ0v) is 55.3. The van der Waals surface area contributed by atoms with Gasteiger partial charge in [0.1, 0.15) is 34.2 Å². The molecule has 0 radical (unpaired) electrons. The van der Waals surface area contributed by atoms with Crippen LogP contribution in [0.5, 0.6) is 23.0 Å². The Labute approximate surface area is 538 Å². The van der Waals surface area contributed by atoms with Crippen LogP contribution in [-0.2, 0) is 44.9 Å². The summed E-state index contributed by atoms with van der Waals surface area (Å²) in [6.07, 6.45) is 14.7. The number of carbonyl (C=O) groups is 5. The molecule has 4 fully saturated rings. The van der Waals surface area contributed by atoms with Crippen LogP contribution >= 0.6 is 0 Å². The number of aliphatic hydroxyl groups excluding tert-OH is 2. The monoisotopic (exact) mass is 1260 g/mol. The largest absolute Gasteiger partial charge is 0.484 e. The summed E-state index contributed by atoms with van der Waals surface area (Å²) < 4.78 is 43.3. The number of hydrogen-bond donors (Lipinski definition) is 2. The maximum Gasteiger partial charge on any atom is 0.415 e. The predicted octanol–water partition coefficient (Wildman–Crippen LogP) is 10.2. The standard InChI is InChI=1S/C71H100N6O14/c1-47(2)14-9-16-49(5)18-11-25-70(7)61(79)42-55-59(88-68(83)74-28-21-51(22-29-74)72-32-36-85-37-33-72)40-53-57(64(55)90-70)44-76(66(53)81)27-13-20-63(87-46-78)77-45-58-54(67(77)82)41-60(89-69(84)75-30-23-52(24-31-75)73-34-38-86-39-35-73)56-43-62(80)71(8,91-65(56)58)26-12-19-50(6)17-10-15-48(3)4/h14-15,18-19,40-41,46,51-52,61-63,79-80H,9-13,16-17,20-39,42-45H2,1-8H3/b49-18+,50-19+/t61-,62-,63+,70+,71+/m0/s1. The molecule has 4 amide bonds. The van der Waals surface area contributed by atoms with Gasteiger partial charge in [-0.1, -0.05) is 46.6 Å². The zero-order valence-electron chi connectivity index (χ0n) is 55.3. The predicted molar refractivity (Wildman–Crippen MR) is 344 cm³/mol. The molecular formula is C71H100N6O14. The van der Waals surface area contributed by atoms with Gasteiger partial charge in [0.25, 0.3) is 18.3 Å². The van der Waals surface area contributed by atoms with E-state index in [1.165, 1.54) is 27.2 Å². The molecule has 0 aliphatic carbocycles. The Morgan fingerprint density at radius 1 is 0.604 bits per heavy atom. The minimum atomic E-state index is -1.07. The summed E-state index contributed by atoms with van der Waals surface area (Å²) in [6, 6.07) is 3.89. The van der Waals surface area contributed by atoms with Crippen LogP contribution in [-0.4, -0.2) is 197 Å². The van der Waals surface area contributed by atoms with Crippen LogP contribution < -0.4 is 18.9 Å². The summed E-state index contributed by atoms with van der Waals surface area (Å²) >= 11 is 0. The van der Waals surface area contributed by atoms with Crippen molar-refractivity contribution < 1.29 is 67.3 Å². The van der Waals surface area contributed by atoms with E-state index in [1.807, 2.05) is 13.8 Å². The van der Waals surface area contributed by atoms with E-state index < -0.39 is 47.7 Å². The third-order valence-electron chi connectivity index (χ3n) is 20.3. The number of morpholine rings is 2. The first-order valence-electron chi connectivity index (χ1n) is 33.7. The molecule has 0 saturated carbocycles. The minimum absolute atomic E-state index is 0.00859. The first kappa shape index (κ1) is 67.6. The molecule has 4 saturated heterocycles. The Kier molecular flexibility index (Phi) is 22.4. The topological polar surface area (TPSA) is 210 Å². The normalized spacial score (nSPS) is 24.6. The molecule has 8 aliphatic heterocycles. The second kappa shape index (κ2) is 30.2. The van der Waals surface area contributed by atoms with E-state index in [0.717, 1.165) is 77.5 Å². The quantitative estimate of drug-likeness (QED) is 0.0783. The summed E-state index contributed by atoms with van der Waals surface area (Å²) in [5.41, 5.74) is 5.75. The fourth-order valence-corrected chi connectivity index (χ4v) is 14.5. The highest BCUT2D eigenvalue weighted by Crippen LogP contribution is 2.49. The number of ether oxygens (including phenoxy) is 7. The van der Waals surface area contributed by atoms with Crippen LogP contribution in [0, 0.1) is 0 Å². The maximum atomic E-state index is 14.9. The van der Waals surface area contributed by atoms with Gasteiger partial charge in [0, 0.05) is 113 Å². The molecule has 2 N–H and O–H groups in total. The van der Waals surface area contributed by atoms with Gasteiger partial charge in [-0.15, -0.1) is 0 Å². The molecule has 0 spiro atoms. The molecule has 0 bridgehead atoms. The van der Waals surface area contributed by atoms with Crippen LogP contribution in [0.2, 0.25) is 0 Å². The molecule has 8 heterocycles. The molecule has 5 atom stereocenters. The number of nitrogens with zero attached hydrogens (tertiary/aromatic N) is 6. The molecule has 10 rings (SSSR count). The number of fused-ring (bicyclic) bond motifs is 6. The summed E-state index contributed by atoms with van der Waals surface area (Å²) in [6.45, 7) is 25.4. The van der Waals surface area contributed by atoms with Crippen molar-refractivity contribution in [1.82, 2.24) is 29.4 Å². The van der Waals surface area contributed by atoms with Crippen molar-refractivity contribution in [3.8, 4) is 23.0 Å². The van der Waals surface area contributed by atoms with Crippen molar-refractivity contribution in [1.29, 1.82) is 0 Å². The van der Waals surface area contributed by atoms with Gasteiger partial charge < -0.3 is 58.1 Å². The van der Waals surface area contributed by atoms with Crippen LogP contribution in [0.3, 0.4) is 0 Å². The number of piperidine rings is 2. The summed E-state index contributed by atoms with van der Waals surface area (Å²) in [5.74, 6) is 0.400. The number of allylic oxidation sites excluding steroid dienone is 8. The molecule has 0 unspecified atom stereocenters. The molecular weight excluding hydrogens is 1160 g/mol. The summed E-state index contributed by atoms with van der Waals surface area (Å²) in [4.78, 5) is 81.8. The van der Waals surface area contributed by atoms with E-state index in [4.69, 9.17) is 33.2 Å². The number of carbonyl (C=O) groups excluding carboxylic acids is 5. The number of hydrogen-bond acceptors (Lipinski definition) is 16. The third-order valence-corrected chi connectivity index (χ3v) is 20.3. The number of benzene rings is 2. The minimum Gasteiger partial charge on any atom is -0.484 e. The lowest BCUT2D eigenvalue weighted by Crippen LogP contribution is -2.50. The van der Waals surface area contributed by atoms with Crippen molar-refractivity contribution in [3.05, 3.63) is 92.1 Å². The molecule has 91 heavy (non-hydrogen) atoms. The molecule has 498 valence electrons. The van der Waals surface area contributed by atoms with E-state index >= 15 is 0 Å². The van der Waals surface area contributed by atoms with Gasteiger partial charge in [0.2, 0.25) is 0 Å². The molecule has 20 heteroatoms. The zero-order chi connectivity index (χ0) is 64.6. The molecule has 0 aromatic heterocycles. The first-order valence-corrected chi connectivity index (χ1v) is 33.7. The Balaban J connectivity index is 0.858. The van der Waals surface area contributed by atoms with Crippen molar-refractivity contribution in [2.24, 2.45) is 0 Å². The van der Waals surface area contributed by atoms with Gasteiger partial charge in [-0.25, -0.2) is 9.59 Å². The number of amides is 4. The Bertz CT molecular complexity index is 3090. The van der Waals surface area contributed by atoms with Crippen LogP contribution in [0.4, 0.5) is 9.59 Å². The lowest BCUT2D eigenvalue weighted by atomic mass is 9.84. The van der Waals surface area contributed by atoms with Crippen molar-refractivity contribution in [3.63, 3.8) is 0 Å². The van der Waals surface area contributed by atoms with Gasteiger partial charge in [0.15, 0.2) is 6.23 Å². The number of aliphatic hydroxyl groups is 2. The van der Waals surface area contributed by atoms with Gasteiger partial charge in [-0.05, 0) is 151 Å². The second-order valence-corrected chi connectivity index (χ2v) is 27.5. The smallest absolute Gasteiger partial charge is 0.415 e. The first-order chi connectivity index (χ1) is 43.7. The Morgan fingerprint density at radius 2 is 1.04 bits per heavy atom. The van der Waals surface area contributed by atoms with E-state index in [0.29, 0.717) is 143 Å². The fraction of sp³-hybridized carbons (Fsp3) is 0.648. The fourth-order valence-electron chi connectivity index (χ4n) is 14.5. The highest BCUT2D eigenvalue weighted by atomic mass is 16.6. The Morgan fingerprint density at radius 3 is 1.48 bits per heavy atom. The Hall–Kier alpha value is -6.29. The van der Waals surface area contributed by atoms with Gasteiger partial charge >= 0.3 is 12.2 Å². The maximum absolute atomic E-state index is 14.9. The van der Waals surface area contributed by atoms with Crippen molar-refractivity contribution in [2.75, 3.05) is 85.3 Å². The summed E-state index contributed by atoms with van der Waals surface area (Å²) in [5, 5.41) is 23.9. The van der Waals surface area contributed by atoms with Gasteiger partial charge in [-0.2, -0.15) is 0 Å². The highest BCUT2D eigenvalue weighted by Gasteiger charge is 2.48.